The van der Waals surface area contributed by atoms with E-state index in [1.54, 1.807) is 29.9 Å². The van der Waals surface area contributed by atoms with E-state index in [0.717, 1.165) is 11.4 Å². The number of hydrogen-bond donors (Lipinski definition) is 1. The molecule has 3 rings (SSSR count). The Balaban J connectivity index is 2.33. The van der Waals surface area contributed by atoms with E-state index in [4.69, 9.17) is 16.3 Å². The molecule has 2 aromatic carbocycles. The molecular formula is C18H18ClN3O2. The van der Waals surface area contributed by atoms with E-state index in [2.05, 4.69) is 10.3 Å². The fraction of sp³-hybridized carbons (Fsp3) is 0.222. The molecule has 1 aromatic heterocycles. The number of benzene rings is 2. The highest BCUT2D eigenvalue weighted by Crippen LogP contribution is 2.21. The molecule has 1 heterocycles. The molecule has 0 spiro atoms. The van der Waals surface area contributed by atoms with Crippen molar-refractivity contribution in [2.45, 2.75) is 13.0 Å². The first-order chi connectivity index (χ1) is 11.5. The summed E-state index contributed by atoms with van der Waals surface area (Å²) in [5, 5.41) is 4.15. The Labute approximate surface area is 144 Å². The summed E-state index contributed by atoms with van der Waals surface area (Å²) in [7, 11) is 3.44. The lowest BCUT2D eigenvalue weighted by atomic mass is 10.2. The largest absolute Gasteiger partial charge is 0.497 e. The molecule has 1 N–H and O–H groups in total. The molecule has 0 amide bonds. The van der Waals surface area contributed by atoms with Crippen LogP contribution in [0.1, 0.15) is 18.8 Å². The summed E-state index contributed by atoms with van der Waals surface area (Å²) in [5.41, 5.74) is 1.21. The second-order valence-electron chi connectivity index (χ2n) is 5.48. The van der Waals surface area contributed by atoms with Gasteiger partial charge in [0, 0.05) is 5.02 Å². The number of ether oxygens (including phenoxy) is 1. The van der Waals surface area contributed by atoms with Gasteiger partial charge in [0.15, 0.2) is 0 Å². The zero-order valence-corrected chi connectivity index (χ0v) is 14.5. The molecule has 0 bridgehead atoms. The number of nitrogens with zero attached hydrogens (tertiary/aromatic N) is 2. The van der Waals surface area contributed by atoms with Gasteiger partial charge in [-0.05, 0) is 56.4 Å². The average Bonchev–Trinajstić information content (AvgIpc) is 2.61. The highest BCUT2D eigenvalue weighted by atomic mass is 35.5. The van der Waals surface area contributed by atoms with E-state index in [1.165, 1.54) is 0 Å². The van der Waals surface area contributed by atoms with E-state index in [1.807, 2.05) is 38.2 Å². The van der Waals surface area contributed by atoms with Gasteiger partial charge in [-0.2, -0.15) is 0 Å². The van der Waals surface area contributed by atoms with Crippen LogP contribution in [0, 0.1) is 0 Å². The molecule has 0 aliphatic carbocycles. The number of halogens is 1. The van der Waals surface area contributed by atoms with Crippen molar-refractivity contribution >= 4 is 22.5 Å². The fourth-order valence-corrected chi connectivity index (χ4v) is 2.75. The van der Waals surface area contributed by atoms with Crippen LogP contribution in [0.2, 0.25) is 5.02 Å². The third-order valence-corrected chi connectivity index (χ3v) is 4.24. The SMILES string of the molecule is CNC(C)c1nc2ccc(Cl)cc2c(=O)n1-c1ccc(OC)cc1. The first-order valence-corrected chi connectivity index (χ1v) is 7.97. The second-order valence-corrected chi connectivity index (χ2v) is 5.92. The Kier molecular flexibility index (Phi) is 4.55. The summed E-state index contributed by atoms with van der Waals surface area (Å²) in [5.74, 6) is 1.37. The number of hydrogen-bond acceptors (Lipinski definition) is 4. The summed E-state index contributed by atoms with van der Waals surface area (Å²) < 4.78 is 6.80. The minimum absolute atomic E-state index is 0.0973. The molecule has 3 aromatic rings. The van der Waals surface area contributed by atoms with Crippen molar-refractivity contribution in [1.82, 2.24) is 14.9 Å². The standard InChI is InChI=1S/C18H18ClN3O2/c1-11(20-2)17-21-16-9-4-12(19)10-15(16)18(23)22(17)13-5-7-14(24-3)8-6-13/h4-11,20H,1-3H3. The highest BCUT2D eigenvalue weighted by Gasteiger charge is 2.17. The normalized spacial score (nSPS) is 12.3. The lowest BCUT2D eigenvalue weighted by Gasteiger charge is -2.18. The van der Waals surface area contributed by atoms with Gasteiger partial charge in [0.1, 0.15) is 11.6 Å². The Morgan fingerprint density at radius 2 is 1.92 bits per heavy atom. The fourth-order valence-electron chi connectivity index (χ4n) is 2.58. The van der Waals surface area contributed by atoms with Gasteiger partial charge in [0.05, 0.1) is 29.7 Å². The maximum atomic E-state index is 13.1. The van der Waals surface area contributed by atoms with Crippen LogP contribution in [0.25, 0.3) is 16.6 Å². The number of nitrogens with one attached hydrogen (secondary N) is 1. The van der Waals surface area contributed by atoms with Crippen LogP contribution in [0.15, 0.2) is 47.3 Å². The van der Waals surface area contributed by atoms with Gasteiger partial charge in [0.2, 0.25) is 0 Å². The Hall–Kier alpha value is -2.37. The van der Waals surface area contributed by atoms with Crippen LogP contribution in [0.4, 0.5) is 0 Å². The van der Waals surface area contributed by atoms with Crippen molar-refractivity contribution in [3.63, 3.8) is 0 Å². The molecule has 0 aliphatic rings. The van der Waals surface area contributed by atoms with Gasteiger partial charge in [-0.15, -0.1) is 0 Å². The van der Waals surface area contributed by atoms with E-state index in [0.29, 0.717) is 21.7 Å². The molecule has 5 nitrogen and oxygen atoms in total. The van der Waals surface area contributed by atoms with Crippen LogP contribution < -0.4 is 15.6 Å². The zero-order chi connectivity index (χ0) is 17.3. The van der Waals surface area contributed by atoms with Crippen LogP contribution >= 0.6 is 11.6 Å². The number of rotatable bonds is 4. The molecule has 124 valence electrons. The Morgan fingerprint density at radius 1 is 1.21 bits per heavy atom. The minimum atomic E-state index is -0.148. The number of methoxy groups -OCH3 is 1. The minimum Gasteiger partial charge on any atom is -0.497 e. The van der Waals surface area contributed by atoms with Gasteiger partial charge >= 0.3 is 0 Å². The zero-order valence-electron chi connectivity index (χ0n) is 13.7. The van der Waals surface area contributed by atoms with Crippen molar-refractivity contribution in [3.05, 3.63) is 63.7 Å². The van der Waals surface area contributed by atoms with Crippen molar-refractivity contribution < 1.29 is 4.74 Å². The van der Waals surface area contributed by atoms with E-state index in [9.17, 15) is 4.79 Å². The lowest BCUT2D eigenvalue weighted by Crippen LogP contribution is -2.28. The third kappa shape index (κ3) is 2.88. The molecule has 1 atom stereocenters. The van der Waals surface area contributed by atoms with E-state index < -0.39 is 0 Å². The van der Waals surface area contributed by atoms with Gasteiger partial charge < -0.3 is 10.1 Å². The monoisotopic (exact) mass is 343 g/mol. The smallest absolute Gasteiger partial charge is 0.266 e. The molecule has 1 unspecified atom stereocenters. The number of aromatic nitrogens is 2. The molecule has 0 radical (unpaired) electrons. The van der Waals surface area contributed by atoms with Crippen LogP contribution in [0.3, 0.4) is 0 Å². The predicted molar refractivity (Wildman–Crippen MR) is 96.4 cm³/mol. The first-order valence-electron chi connectivity index (χ1n) is 7.59. The summed E-state index contributed by atoms with van der Waals surface area (Å²) in [6.07, 6.45) is 0. The molecule has 0 saturated heterocycles. The molecule has 0 saturated carbocycles. The summed E-state index contributed by atoms with van der Waals surface area (Å²) in [6.45, 7) is 1.96. The third-order valence-electron chi connectivity index (χ3n) is 4.01. The van der Waals surface area contributed by atoms with Crippen molar-refractivity contribution in [3.8, 4) is 11.4 Å². The maximum absolute atomic E-state index is 13.1. The topological polar surface area (TPSA) is 56.2 Å². The predicted octanol–water partition coefficient (Wildman–Crippen LogP) is 3.33. The van der Waals surface area contributed by atoms with Crippen molar-refractivity contribution in [1.29, 1.82) is 0 Å². The maximum Gasteiger partial charge on any atom is 0.266 e. The molecule has 0 fully saturated rings. The lowest BCUT2D eigenvalue weighted by molar-refractivity contribution is 0.414. The first kappa shape index (κ1) is 16.5. The van der Waals surface area contributed by atoms with Gasteiger partial charge in [-0.3, -0.25) is 9.36 Å². The quantitative estimate of drug-likeness (QED) is 0.789. The van der Waals surface area contributed by atoms with Crippen LogP contribution in [0.5, 0.6) is 5.75 Å². The van der Waals surface area contributed by atoms with Crippen molar-refractivity contribution in [2.24, 2.45) is 0 Å². The van der Waals surface area contributed by atoms with Crippen molar-refractivity contribution in [2.75, 3.05) is 14.2 Å². The summed E-state index contributed by atoms with van der Waals surface area (Å²) >= 11 is 6.05. The highest BCUT2D eigenvalue weighted by molar-refractivity contribution is 6.31. The van der Waals surface area contributed by atoms with E-state index in [-0.39, 0.29) is 11.6 Å². The molecule has 0 aliphatic heterocycles. The van der Waals surface area contributed by atoms with Crippen LogP contribution in [-0.4, -0.2) is 23.7 Å². The molecule has 6 heteroatoms. The number of fused-ring (bicyclic) bond motifs is 1. The summed E-state index contributed by atoms with van der Waals surface area (Å²) in [4.78, 5) is 17.8. The van der Waals surface area contributed by atoms with E-state index >= 15 is 0 Å². The average molecular weight is 344 g/mol. The van der Waals surface area contributed by atoms with Crippen LogP contribution in [-0.2, 0) is 0 Å². The Bertz CT molecular complexity index is 935. The van der Waals surface area contributed by atoms with Gasteiger partial charge in [0.25, 0.3) is 5.56 Å². The summed E-state index contributed by atoms with van der Waals surface area (Å²) in [6, 6.07) is 12.4. The second kappa shape index (κ2) is 6.63. The van der Waals surface area contributed by atoms with Gasteiger partial charge in [-0.25, -0.2) is 4.98 Å². The molecular weight excluding hydrogens is 326 g/mol. The van der Waals surface area contributed by atoms with Gasteiger partial charge in [-0.1, -0.05) is 11.6 Å². The Morgan fingerprint density at radius 3 is 2.54 bits per heavy atom. The molecule has 24 heavy (non-hydrogen) atoms.